The smallest absolute Gasteiger partial charge is 0.192 e. The number of anilines is 1. The number of halogens is 1. The molecule has 0 spiro atoms. The van der Waals surface area contributed by atoms with E-state index in [1.54, 1.807) is 19.1 Å². The van der Waals surface area contributed by atoms with E-state index in [9.17, 15) is 9.50 Å². The average molecular weight is 382 g/mol. The first-order valence-corrected chi connectivity index (χ1v) is 9.81. The Bertz CT molecular complexity index is 1020. The number of hydrogen-bond donors (Lipinski definition) is 1. The van der Waals surface area contributed by atoms with Crippen LogP contribution in [0.25, 0.3) is 22.4 Å². The van der Waals surface area contributed by atoms with Crippen molar-refractivity contribution >= 4 is 16.9 Å². The van der Waals surface area contributed by atoms with Gasteiger partial charge in [-0.25, -0.2) is 9.37 Å². The topological polar surface area (TPSA) is 75.3 Å². The second-order valence-corrected chi connectivity index (χ2v) is 8.14. The Morgan fingerprint density at radius 2 is 2.04 bits per heavy atom. The van der Waals surface area contributed by atoms with E-state index in [0.29, 0.717) is 40.0 Å². The van der Waals surface area contributed by atoms with E-state index in [2.05, 4.69) is 15.2 Å². The van der Waals surface area contributed by atoms with E-state index < -0.39 is 6.17 Å². The van der Waals surface area contributed by atoms with E-state index in [1.165, 1.54) is 6.07 Å². The minimum absolute atomic E-state index is 0.0618. The van der Waals surface area contributed by atoms with Crippen molar-refractivity contribution in [2.45, 2.75) is 44.8 Å². The van der Waals surface area contributed by atoms with Crippen LogP contribution in [0.2, 0.25) is 0 Å². The fourth-order valence-corrected chi connectivity index (χ4v) is 4.88. The van der Waals surface area contributed by atoms with Gasteiger partial charge in [-0.3, -0.25) is 0 Å². The molecule has 2 heterocycles. The molecule has 1 aromatic carbocycles. The molecule has 0 unspecified atom stereocenters. The predicted octanol–water partition coefficient (Wildman–Crippen LogP) is 4.26. The van der Waals surface area contributed by atoms with Gasteiger partial charge >= 0.3 is 0 Å². The maximum atomic E-state index is 14.9. The number of fused-ring (bicyclic) bond motifs is 3. The molecule has 2 fully saturated rings. The summed E-state index contributed by atoms with van der Waals surface area (Å²) in [4.78, 5) is 6.23. The maximum Gasteiger partial charge on any atom is 0.192 e. The van der Waals surface area contributed by atoms with Gasteiger partial charge in [-0.2, -0.15) is 0 Å². The molecule has 4 atom stereocenters. The maximum absolute atomic E-state index is 14.9. The second kappa shape index (κ2) is 6.43. The molecule has 2 saturated carbocycles. The number of benzene rings is 1. The molecule has 3 aromatic rings. The zero-order chi connectivity index (χ0) is 19.4. The number of nitrogens with zero attached hydrogens (tertiary/aromatic N) is 4. The van der Waals surface area contributed by atoms with E-state index in [4.69, 9.17) is 4.42 Å². The molecule has 2 aliphatic rings. The highest BCUT2D eigenvalue weighted by molar-refractivity contribution is 5.83. The summed E-state index contributed by atoms with van der Waals surface area (Å²) in [7, 11) is 1.90. The third-order valence-corrected chi connectivity index (χ3v) is 6.37. The van der Waals surface area contributed by atoms with Crippen molar-refractivity contribution in [3.63, 3.8) is 0 Å². The zero-order valence-corrected chi connectivity index (χ0v) is 16.0. The number of alkyl halides is 1. The molecule has 2 aliphatic carbocycles. The average Bonchev–Trinajstić information content (AvgIpc) is 3.26. The van der Waals surface area contributed by atoms with Crippen molar-refractivity contribution in [2.75, 3.05) is 11.9 Å². The van der Waals surface area contributed by atoms with Crippen LogP contribution in [0.1, 0.15) is 31.6 Å². The third kappa shape index (κ3) is 2.80. The predicted molar refractivity (Wildman–Crippen MR) is 104 cm³/mol. The number of aromatic hydroxyl groups is 1. The molecule has 2 aromatic heterocycles. The van der Waals surface area contributed by atoms with Crippen LogP contribution in [0.4, 0.5) is 10.2 Å². The Labute approximate surface area is 162 Å². The number of rotatable bonds is 3. The monoisotopic (exact) mass is 382 g/mol. The molecule has 146 valence electrons. The van der Waals surface area contributed by atoms with Crippen LogP contribution in [-0.4, -0.2) is 39.5 Å². The molecular formula is C21H23FN4O2. The van der Waals surface area contributed by atoms with Crippen molar-refractivity contribution in [3.8, 4) is 17.0 Å². The first kappa shape index (κ1) is 17.4. The van der Waals surface area contributed by atoms with Gasteiger partial charge in [-0.1, -0.05) is 0 Å². The molecule has 0 aliphatic heterocycles. The van der Waals surface area contributed by atoms with Crippen molar-refractivity contribution in [1.82, 2.24) is 15.2 Å². The first-order chi connectivity index (χ1) is 13.5. The van der Waals surface area contributed by atoms with Crippen LogP contribution in [0.3, 0.4) is 0 Å². The summed E-state index contributed by atoms with van der Waals surface area (Å²) in [6, 6.07) is 6.78. The Morgan fingerprint density at radius 1 is 1.18 bits per heavy atom. The summed E-state index contributed by atoms with van der Waals surface area (Å²) < 4.78 is 20.3. The van der Waals surface area contributed by atoms with Crippen LogP contribution in [0, 0.1) is 18.8 Å². The Balaban J connectivity index is 1.42. The summed E-state index contributed by atoms with van der Waals surface area (Å²) in [5, 5.41) is 18.9. The van der Waals surface area contributed by atoms with Crippen LogP contribution < -0.4 is 4.90 Å². The zero-order valence-electron chi connectivity index (χ0n) is 16.0. The number of oxazole rings is 1. The summed E-state index contributed by atoms with van der Waals surface area (Å²) >= 11 is 0. The van der Waals surface area contributed by atoms with Crippen LogP contribution in [0.15, 0.2) is 28.7 Å². The first-order valence-electron chi connectivity index (χ1n) is 9.81. The van der Waals surface area contributed by atoms with Gasteiger partial charge in [0.15, 0.2) is 17.3 Å². The van der Waals surface area contributed by atoms with Gasteiger partial charge in [0.05, 0.1) is 11.7 Å². The minimum Gasteiger partial charge on any atom is -0.507 e. The van der Waals surface area contributed by atoms with Crippen LogP contribution in [0.5, 0.6) is 5.75 Å². The van der Waals surface area contributed by atoms with Gasteiger partial charge in [0.25, 0.3) is 0 Å². The van der Waals surface area contributed by atoms with Gasteiger partial charge in [-0.05, 0) is 55.7 Å². The molecular weight excluding hydrogens is 359 g/mol. The fourth-order valence-electron chi connectivity index (χ4n) is 4.88. The molecule has 6 nitrogen and oxygen atoms in total. The van der Waals surface area contributed by atoms with Gasteiger partial charge in [-0.15, -0.1) is 10.2 Å². The lowest BCUT2D eigenvalue weighted by Crippen LogP contribution is -2.46. The SMILES string of the molecule is Cc1nc2cc(-c3ccc(N(C)[C@H]4C[C@@H]5CC[C@@H](C5)[C@H]4F)nn3)c(O)cc2o1. The van der Waals surface area contributed by atoms with Crippen molar-refractivity contribution < 1.29 is 13.9 Å². The van der Waals surface area contributed by atoms with Gasteiger partial charge in [0.2, 0.25) is 0 Å². The van der Waals surface area contributed by atoms with E-state index in [-0.39, 0.29) is 17.7 Å². The summed E-state index contributed by atoms with van der Waals surface area (Å²) in [5.74, 6) is 2.07. The van der Waals surface area contributed by atoms with Crippen LogP contribution >= 0.6 is 0 Å². The Kier molecular flexibility index (Phi) is 4.00. The molecule has 0 amide bonds. The molecule has 2 bridgehead atoms. The molecule has 0 radical (unpaired) electrons. The third-order valence-electron chi connectivity index (χ3n) is 6.37. The number of phenolic OH excluding ortho intramolecular Hbond substituents is 1. The Hall–Kier alpha value is -2.70. The van der Waals surface area contributed by atoms with Crippen LogP contribution in [-0.2, 0) is 0 Å². The largest absolute Gasteiger partial charge is 0.507 e. The highest BCUT2D eigenvalue weighted by Crippen LogP contribution is 2.45. The highest BCUT2D eigenvalue weighted by atomic mass is 19.1. The normalized spacial score (nSPS) is 26.7. The van der Waals surface area contributed by atoms with E-state index in [0.717, 1.165) is 25.7 Å². The molecule has 0 saturated heterocycles. The highest BCUT2D eigenvalue weighted by Gasteiger charge is 2.44. The Morgan fingerprint density at radius 3 is 2.82 bits per heavy atom. The van der Waals surface area contributed by atoms with Gasteiger partial charge < -0.3 is 14.4 Å². The number of phenols is 1. The molecule has 28 heavy (non-hydrogen) atoms. The number of aryl methyl sites for hydroxylation is 1. The van der Waals surface area contributed by atoms with Crippen molar-refractivity contribution in [1.29, 1.82) is 0 Å². The van der Waals surface area contributed by atoms with Crippen molar-refractivity contribution in [2.24, 2.45) is 11.8 Å². The molecule has 7 heteroatoms. The lowest BCUT2D eigenvalue weighted by Gasteiger charge is -2.38. The standard InChI is InChI=1S/C21H23FN4O2/c1-11-23-16-9-14(18(27)10-19(16)28-11)15-5-6-20(25-24-15)26(2)17-8-12-3-4-13(7-12)21(17)22/h5-6,9-10,12-13,17,21,27H,3-4,7-8H2,1-2H3/t12-,13+,17+,21-/m1/s1. The summed E-state index contributed by atoms with van der Waals surface area (Å²) in [6.07, 6.45) is 3.24. The van der Waals surface area contributed by atoms with E-state index in [1.807, 2.05) is 18.0 Å². The number of hydrogen-bond acceptors (Lipinski definition) is 6. The fraction of sp³-hybridized carbons (Fsp3) is 0.476. The summed E-state index contributed by atoms with van der Waals surface area (Å²) in [5.41, 5.74) is 2.27. The second-order valence-electron chi connectivity index (χ2n) is 8.14. The summed E-state index contributed by atoms with van der Waals surface area (Å²) in [6.45, 7) is 1.76. The molecule has 1 N–H and O–H groups in total. The molecule has 5 rings (SSSR count). The van der Waals surface area contributed by atoms with Gasteiger partial charge in [0, 0.05) is 25.6 Å². The number of aromatic nitrogens is 3. The van der Waals surface area contributed by atoms with Gasteiger partial charge in [0.1, 0.15) is 17.4 Å². The van der Waals surface area contributed by atoms with E-state index >= 15 is 0 Å². The quantitative estimate of drug-likeness (QED) is 0.729. The van der Waals surface area contributed by atoms with Crippen molar-refractivity contribution in [3.05, 3.63) is 30.2 Å². The lowest BCUT2D eigenvalue weighted by molar-refractivity contribution is 0.144. The lowest BCUT2D eigenvalue weighted by atomic mass is 9.83. The minimum atomic E-state index is -0.813.